The van der Waals surface area contributed by atoms with E-state index in [4.69, 9.17) is 25.5 Å². The molecular formula is C20H15ClN2O5. The van der Waals surface area contributed by atoms with E-state index in [9.17, 15) is 9.59 Å². The van der Waals surface area contributed by atoms with Gasteiger partial charge in [-0.05, 0) is 66.2 Å². The number of carbonyl (C=O) groups is 2. The van der Waals surface area contributed by atoms with Crippen LogP contribution in [0, 0.1) is 0 Å². The van der Waals surface area contributed by atoms with Crippen LogP contribution in [0.4, 0.5) is 0 Å². The second-order valence-corrected chi connectivity index (χ2v) is 5.91. The van der Waals surface area contributed by atoms with Crippen LogP contribution in [0.1, 0.15) is 16.1 Å². The van der Waals surface area contributed by atoms with E-state index in [0.29, 0.717) is 22.1 Å². The van der Waals surface area contributed by atoms with Crippen molar-refractivity contribution in [2.75, 3.05) is 6.61 Å². The summed E-state index contributed by atoms with van der Waals surface area (Å²) in [5, 5.41) is 4.44. The highest BCUT2D eigenvalue weighted by Crippen LogP contribution is 2.15. The number of hydrogen-bond acceptors (Lipinski definition) is 6. The van der Waals surface area contributed by atoms with Crippen molar-refractivity contribution in [1.29, 1.82) is 0 Å². The molecule has 0 unspecified atom stereocenters. The van der Waals surface area contributed by atoms with Crippen LogP contribution < -0.4 is 14.9 Å². The molecule has 1 heterocycles. The molecule has 0 spiro atoms. The van der Waals surface area contributed by atoms with Crippen LogP contribution in [0.3, 0.4) is 0 Å². The van der Waals surface area contributed by atoms with Gasteiger partial charge in [0, 0.05) is 5.02 Å². The van der Waals surface area contributed by atoms with Crippen molar-refractivity contribution in [3.63, 3.8) is 0 Å². The van der Waals surface area contributed by atoms with Gasteiger partial charge in [0.1, 0.15) is 11.5 Å². The van der Waals surface area contributed by atoms with Crippen molar-refractivity contribution >= 4 is 29.7 Å². The number of furan rings is 1. The number of rotatable bonds is 7. The number of ether oxygens (including phenoxy) is 2. The third kappa shape index (κ3) is 5.72. The van der Waals surface area contributed by atoms with Gasteiger partial charge in [0.25, 0.3) is 5.91 Å². The summed E-state index contributed by atoms with van der Waals surface area (Å²) in [6.07, 6.45) is 2.85. The Balaban J connectivity index is 1.44. The molecule has 0 fully saturated rings. The van der Waals surface area contributed by atoms with Crippen LogP contribution >= 0.6 is 11.6 Å². The Bertz CT molecular complexity index is 951. The first-order valence-electron chi connectivity index (χ1n) is 8.16. The van der Waals surface area contributed by atoms with Crippen LogP contribution in [0.25, 0.3) is 0 Å². The van der Waals surface area contributed by atoms with Gasteiger partial charge >= 0.3 is 5.97 Å². The van der Waals surface area contributed by atoms with E-state index in [0.717, 1.165) is 0 Å². The van der Waals surface area contributed by atoms with Gasteiger partial charge < -0.3 is 13.9 Å². The van der Waals surface area contributed by atoms with Crippen LogP contribution in [0.2, 0.25) is 5.02 Å². The van der Waals surface area contributed by atoms with E-state index in [-0.39, 0.29) is 12.4 Å². The van der Waals surface area contributed by atoms with Gasteiger partial charge in [0.15, 0.2) is 6.61 Å². The molecule has 0 saturated heterocycles. The lowest BCUT2D eigenvalue weighted by atomic mass is 10.2. The number of hydrogen-bond donors (Lipinski definition) is 1. The molecule has 0 saturated carbocycles. The Morgan fingerprint density at radius 2 is 1.75 bits per heavy atom. The van der Waals surface area contributed by atoms with Gasteiger partial charge in [0.2, 0.25) is 5.76 Å². The maximum absolute atomic E-state index is 11.8. The summed E-state index contributed by atoms with van der Waals surface area (Å²) in [4.78, 5) is 23.5. The van der Waals surface area contributed by atoms with Crippen LogP contribution in [0.15, 0.2) is 76.4 Å². The Morgan fingerprint density at radius 1 is 1.04 bits per heavy atom. The standard InChI is InChI=1S/C20H15ClN2O5/c21-15-5-9-16(10-6-15)27-13-19(24)23-22-12-14-3-7-17(8-4-14)28-20(25)18-2-1-11-26-18/h1-12H,13H2,(H,23,24)/b22-12+. The molecule has 0 aliphatic heterocycles. The molecule has 0 atom stereocenters. The molecular weight excluding hydrogens is 384 g/mol. The Morgan fingerprint density at radius 3 is 2.43 bits per heavy atom. The molecule has 3 aromatic rings. The number of amides is 1. The van der Waals surface area contributed by atoms with Crippen molar-refractivity contribution in [2.24, 2.45) is 5.10 Å². The van der Waals surface area contributed by atoms with Crippen LogP contribution in [0.5, 0.6) is 11.5 Å². The molecule has 0 radical (unpaired) electrons. The predicted molar refractivity (Wildman–Crippen MR) is 103 cm³/mol. The molecule has 0 bridgehead atoms. The SMILES string of the molecule is O=C(COc1ccc(Cl)cc1)N/N=C/c1ccc(OC(=O)c2ccco2)cc1. The third-order valence-corrected chi connectivity index (χ3v) is 3.65. The van der Waals surface area contributed by atoms with Gasteiger partial charge in [0.05, 0.1) is 12.5 Å². The molecule has 28 heavy (non-hydrogen) atoms. The summed E-state index contributed by atoms with van der Waals surface area (Å²) in [5.41, 5.74) is 3.07. The van der Waals surface area contributed by atoms with Gasteiger partial charge in [-0.15, -0.1) is 0 Å². The number of esters is 1. The van der Waals surface area contributed by atoms with Gasteiger partial charge in [-0.2, -0.15) is 5.10 Å². The van der Waals surface area contributed by atoms with Gasteiger partial charge in [-0.25, -0.2) is 10.2 Å². The quantitative estimate of drug-likeness (QED) is 0.284. The molecule has 1 amide bonds. The van der Waals surface area contributed by atoms with E-state index in [1.54, 1.807) is 54.6 Å². The van der Waals surface area contributed by atoms with Crippen molar-refractivity contribution in [3.8, 4) is 11.5 Å². The summed E-state index contributed by atoms with van der Waals surface area (Å²) in [6.45, 7) is -0.180. The maximum atomic E-state index is 11.8. The smallest absolute Gasteiger partial charge is 0.379 e. The highest BCUT2D eigenvalue weighted by molar-refractivity contribution is 6.30. The Kier molecular flexibility index (Phi) is 6.43. The fraction of sp³-hybridized carbons (Fsp3) is 0.0500. The highest BCUT2D eigenvalue weighted by atomic mass is 35.5. The van der Waals surface area contributed by atoms with Crippen molar-refractivity contribution < 1.29 is 23.5 Å². The van der Waals surface area contributed by atoms with E-state index in [1.165, 1.54) is 18.5 Å². The van der Waals surface area contributed by atoms with Crippen LogP contribution in [-0.4, -0.2) is 24.7 Å². The normalized spacial score (nSPS) is 10.6. The lowest BCUT2D eigenvalue weighted by Gasteiger charge is -2.05. The first-order chi connectivity index (χ1) is 13.6. The highest BCUT2D eigenvalue weighted by Gasteiger charge is 2.10. The summed E-state index contributed by atoms with van der Waals surface area (Å²) < 4.78 is 15.4. The minimum Gasteiger partial charge on any atom is -0.484 e. The van der Waals surface area contributed by atoms with E-state index >= 15 is 0 Å². The van der Waals surface area contributed by atoms with E-state index < -0.39 is 11.9 Å². The fourth-order valence-corrected chi connectivity index (χ4v) is 2.19. The zero-order valence-corrected chi connectivity index (χ0v) is 15.3. The molecule has 142 valence electrons. The Labute approximate surface area is 165 Å². The van der Waals surface area contributed by atoms with Gasteiger partial charge in [-0.3, -0.25) is 4.79 Å². The average Bonchev–Trinajstić information content (AvgIpc) is 3.24. The number of nitrogens with zero attached hydrogens (tertiary/aromatic N) is 1. The summed E-state index contributed by atoms with van der Waals surface area (Å²) >= 11 is 5.78. The number of nitrogens with one attached hydrogen (secondary N) is 1. The topological polar surface area (TPSA) is 90.1 Å². The Hall–Kier alpha value is -3.58. The molecule has 1 aromatic heterocycles. The first-order valence-corrected chi connectivity index (χ1v) is 8.54. The first kappa shape index (κ1) is 19.2. The zero-order valence-electron chi connectivity index (χ0n) is 14.5. The van der Waals surface area contributed by atoms with E-state index in [2.05, 4.69) is 10.5 Å². The van der Waals surface area contributed by atoms with Crippen LogP contribution in [-0.2, 0) is 4.79 Å². The fourth-order valence-electron chi connectivity index (χ4n) is 2.06. The average molecular weight is 399 g/mol. The minimum absolute atomic E-state index is 0.120. The maximum Gasteiger partial charge on any atom is 0.379 e. The summed E-state index contributed by atoms with van der Waals surface area (Å²) in [6, 6.07) is 16.4. The van der Waals surface area contributed by atoms with Gasteiger partial charge in [-0.1, -0.05) is 11.6 Å². The minimum atomic E-state index is -0.584. The zero-order chi connectivity index (χ0) is 19.8. The van der Waals surface area contributed by atoms with E-state index in [1.807, 2.05) is 0 Å². The monoisotopic (exact) mass is 398 g/mol. The number of hydrazone groups is 1. The van der Waals surface area contributed by atoms with Crippen molar-refractivity contribution in [3.05, 3.63) is 83.3 Å². The molecule has 7 nitrogen and oxygen atoms in total. The molecule has 1 N–H and O–H groups in total. The summed E-state index contributed by atoms with van der Waals surface area (Å²) in [7, 11) is 0. The van der Waals surface area contributed by atoms with Crippen molar-refractivity contribution in [1.82, 2.24) is 5.43 Å². The molecule has 0 aliphatic carbocycles. The second-order valence-electron chi connectivity index (χ2n) is 5.47. The molecule has 2 aromatic carbocycles. The predicted octanol–water partition coefficient (Wildman–Crippen LogP) is 3.68. The largest absolute Gasteiger partial charge is 0.484 e. The third-order valence-electron chi connectivity index (χ3n) is 3.40. The number of halogens is 1. The lowest BCUT2D eigenvalue weighted by molar-refractivity contribution is -0.123. The second kappa shape index (κ2) is 9.38. The number of benzene rings is 2. The molecule has 8 heteroatoms. The lowest BCUT2D eigenvalue weighted by Crippen LogP contribution is -2.24. The summed E-state index contributed by atoms with van der Waals surface area (Å²) in [5.74, 6) is 0.0194. The molecule has 0 aliphatic rings. The van der Waals surface area contributed by atoms with Crippen molar-refractivity contribution in [2.45, 2.75) is 0 Å². The number of carbonyl (C=O) groups excluding carboxylic acids is 2. The molecule has 3 rings (SSSR count).